The van der Waals surface area contributed by atoms with Gasteiger partial charge in [-0.15, -0.1) is 0 Å². The summed E-state index contributed by atoms with van der Waals surface area (Å²) < 4.78 is 9.58. The molecule has 6 rings (SSSR count). The summed E-state index contributed by atoms with van der Waals surface area (Å²) in [5.41, 5.74) is 11.0. The number of fused-ring (bicyclic) bond motifs is 1. The van der Waals surface area contributed by atoms with Gasteiger partial charge in [0.05, 0.1) is 24.0 Å². The highest BCUT2D eigenvalue weighted by Gasteiger charge is 2.26. The van der Waals surface area contributed by atoms with Gasteiger partial charge in [-0.2, -0.15) is 10.2 Å². The molecule has 2 aliphatic heterocycles. The van der Waals surface area contributed by atoms with Crippen molar-refractivity contribution in [1.29, 1.82) is 0 Å². The van der Waals surface area contributed by atoms with Crippen molar-refractivity contribution >= 4 is 17.3 Å². The maximum absolute atomic E-state index is 14.3. The number of hydrogen-bond donors (Lipinski definition) is 1. The van der Waals surface area contributed by atoms with Gasteiger partial charge >= 0.3 is 0 Å². The van der Waals surface area contributed by atoms with Gasteiger partial charge in [0, 0.05) is 42.4 Å². The number of nitrogens with zero attached hydrogens (tertiary/aromatic N) is 4. The summed E-state index contributed by atoms with van der Waals surface area (Å²) in [6.07, 6.45) is 5.86. The first kappa shape index (κ1) is 25.2. The zero-order valence-electron chi connectivity index (χ0n) is 22.4. The maximum Gasteiger partial charge on any atom is 0.257 e. The largest absolute Gasteiger partial charge is 0.381 e. The highest BCUT2D eigenvalue weighted by atomic mass is 16.5. The third-order valence-corrected chi connectivity index (χ3v) is 7.78. The highest BCUT2D eigenvalue weighted by molar-refractivity contribution is 6.16. The van der Waals surface area contributed by atoms with Crippen molar-refractivity contribution in [3.05, 3.63) is 93.0 Å². The van der Waals surface area contributed by atoms with Gasteiger partial charge in [-0.1, -0.05) is 55.8 Å². The van der Waals surface area contributed by atoms with Crippen LogP contribution in [0.2, 0.25) is 0 Å². The lowest BCUT2D eigenvalue weighted by molar-refractivity contribution is -0.119. The van der Waals surface area contributed by atoms with Gasteiger partial charge in [-0.05, 0) is 48.9 Å². The number of aromatic nitrogens is 3. The van der Waals surface area contributed by atoms with Crippen molar-refractivity contribution in [1.82, 2.24) is 19.6 Å². The van der Waals surface area contributed by atoms with Crippen molar-refractivity contribution in [2.45, 2.75) is 58.4 Å². The minimum absolute atomic E-state index is 0.0604. The zero-order chi connectivity index (χ0) is 26.9. The predicted molar refractivity (Wildman–Crippen MR) is 151 cm³/mol. The highest BCUT2D eigenvalue weighted by Crippen LogP contribution is 2.29. The first-order valence-electron chi connectivity index (χ1n) is 13.8. The van der Waals surface area contributed by atoms with E-state index in [1.54, 1.807) is 0 Å². The molecule has 4 aromatic rings. The molecule has 0 saturated carbocycles. The van der Waals surface area contributed by atoms with E-state index in [-0.39, 0.29) is 23.9 Å². The van der Waals surface area contributed by atoms with Crippen LogP contribution in [-0.2, 0) is 22.4 Å². The lowest BCUT2D eigenvalue weighted by Crippen LogP contribution is -2.34. The smallest absolute Gasteiger partial charge is 0.257 e. The molecular formula is C31H33N5O3. The summed E-state index contributed by atoms with van der Waals surface area (Å²) >= 11 is 0. The van der Waals surface area contributed by atoms with E-state index >= 15 is 0 Å². The molecule has 0 radical (unpaired) electrons. The molecule has 200 valence electrons. The first-order chi connectivity index (χ1) is 19.0. The van der Waals surface area contributed by atoms with Crippen LogP contribution >= 0.6 is 0 Å². The topological polar surface area (TPSA) is 90.0 Å². The molecule has 0 spiro atoms. The van der Waals surface area contributed by atoms with Crippen molar-refractivity contribution < 1.29 is 9.53 Å². The van der Waals surface area contributed by atoms with Crippen LogP contribution in [0.5, 0.6) is 0 Å². The Labute approximate surface area is 227 Å². The van der Waals surface area contributed by atoms with Crippen molar-refractivity contribution in [2.24, 2.45) is 5.10 Å². The van der Waals surface area contributed by atoms with Gasteiger partial charge in [0.1, 0.15) is 5.65 Å². The third-order valence-electron chi connectivity index (χ3n) is 7.78. The number of hydrazone groups is 1. The molecule has 1 N–H and O–H groups in total. The number of carbonyl (C=O) groups is 1. The molecule has 1 amide bonds. The minimum atomic E-state index is -0.113. The molecule has 4 heterocycles. The monoisotopic (exact) mass is 523 g/mol. The number of amides is 1. The number of carbonyl (C=O) groups excluding carboxylic acids is 1. The van der Waals surface area contributed by atoms with E-state index in [1.807, 2.05) is 40.4 Å². The molecule has 8 nitrogen and oxygen atoms in total. The number of nitrogens with one attached hydrogen (secondary N) is 1. The fourth-order valence-corrected chi connectivity index (χ4v) is 5.89. The van der Waals surface area contributed by atoms with Crippen LogP contribution in [0.3, 0.4) is 0 Å². The van der Waals surface area contributed by atoms with Crippen LogP contribution < -0.4 is 11.0 Å². The molecule has 2 aliphatic rings. The van der Waals surface area contributed by atoms with E-state index in [0.29, 0.717) is 25.3 Å². The number of hydrogen-bond acceptors (Lipinski definition) is 5. The number of aryl methyl sites for hydroxylation is 2. The SMILES string of the molecule is CCCc1c(Cc2ccc(-c3ccccc3)c(C3=NNC(=O)C3)c2)c(=O)n(C2CCOCC2)c2c(C)cnn12. The molecular weight excluding hydrogens is 490 g/mol. The van der Waals surface area contributed by atoms with Crippen molar-refractivity contribution in [2.75, 3.05) is 13.2 Å². The van der Waals surface area contributed by atoms with E-state index in [2.05, 4.69) is 47.8 Å². The van der Waals surface area contributed by atoms with Crippen LogP contribution in [0, 0.1) is 6.92 Å². The molecule has 1 fully saturated rings. The van der Waals surface area contributed by atoms with Gasteiger partial charge in [-0.25, -0.2) is 9.94 Å². The van der Waals surface area contributed by atoms with Gasteiger partial charge in [0.2, 0.25) is 5.91 Å². The summed E-state index contributed by atoms with van der Waals surface area (Å²) in [5, 5.41) is 9.07. The van der Waals surface area contributed by atoms with E-state index < -0.39 is 0 Å². The van der Waals surface area contributed by atoms with E-state index in [9.17, 15) is 9.59 Å². The lowest BCUT2D eigenvalue weighted by atomic mass is 9.91. The molecule has 8 heteroatoms. The second-order valence-electron chi connectivity index (χ2n) is 10.4. The maximum atomic E-state index is 14.3. The van der Waals surface area contributed by atoms with Crippen molar-refractivity contribution in [3.8, 4) is 11.1 Å². The van der Waals surface area contributed by atoms with Crippen LogP contribution in [0.4, 0.5) is 0 Å². The van der Waals surface area contributed by atoms with Crippen molar-refractivity contribution in [3.63, 3.8) is 0 Å². The Morgan fingerprint density at radius 2 is 1.85 bits per heavy atom. The zero-order valence-corrected chi connectivity index (χ0v) is 22.4. The van der Waals surface area contributed by atoms with E-state index in [1.165, 1.54) is 0 Å². The summed E-state index contributed by atoms with van der Waals surface area (Å²) in [5.74, 6) is -0.113. The van der Waals surface area contributed by atoms with Gasteiger partial charge in [-0.3, -0.25) is 14.2 Å². The molecule has 39 heavy (non-hydrogen) atoms. The van der Waals surface area contributed by atoms with E-state index in [4.69, 9.17) is 9.84 Å². The average molecular weight is 524 g/mol. The Balaban J connectivity index is 1.50. The fourth-order valence-electron chi connectivity index (χ4n) is 5.89. The first-order valence-corrected chi connectivity index (χ1v) is 13.8. The average Bonchev–Trinajstić information content (AvgIpc) is 3.57. The van der Waals surface area contributed by atoms with Gasteiger partial charge in [0.25, 0.3) is 5.56 Å². The molecule has 0 aliphatic carbocycles. The summed E-state index contributed by atoms with van der Waals surface area (Å²) in [6, 6.07) is 16.5. The molecule has 2 aromatic carbocycles. The Kier molecular flexibility index (Phi) is 6.87. The number of rotatable bonds is 7. The number of ether oxygens (including phenoxy) is 1. The minimum Gasteiger partial charge on any atom is -0.381 e. The fraction of sp³-hybridized carbons (Fsp3) is 0.355. The second-order valence-corrected chi connectivity index (χ2v) is 10.4. The number of benzene rings is 2. The third kappa shape index (κ3) is 4.69. The van der Waals surface area contributed by atoms with Crippen LogP contribution in [0.1, 0.15) is 66.6 Å². The predicted octanol–water partition coefficient (Wildman–Crippen LogP) is 4.59. The summed E-state index contributed by atoms with van der Waals surface area (Å²) in [4.78, 5) is 26.3. The Morgan fingerprint density at radius 1 is 1.05 bits per heavy atom. The Bertz CT molecular complexity index is 1630. The lowest BCUT2D eigenvalue weighted by Gasteiger charge is -2.27. The Hall–Kier alpha value is -4.04. The summed E-state index contributed by atoms with van der Waals surface area (Å²) in [7, 11) is 0. The molecule has 1 saturated heterocycles. The van der Waals surface area contributed by atoms with E-state index in [0.717, 1.165) is 70.4 Å². The van der Waals surface area contributed by atoms with Crippen LogP contribution in [-0.4, -0.2) is 39.0 Å². The standard InChI is InChI=1S/C31H33N5O3/c1-3-7-28-26(31(38)35(23-12-14-39-15-13-23)30-20(2)19-32-36(28)30)17-21-10-11-24(22-8-5-4-6-9-22)25(16-21)27-18-29(37)34-33-27/h4-6,8-11,16,19,23H,3,7,12-15,17-18H2,1-2H3,(H,34,37). The van der Waals surface area contributed by atoms with Gasteiger partial charge in [0.15, 0.2) is 0 Å². The Morgan fingerprint density at radius 3 is 2.56 bits per heavy atom. The second kappa shape index (κ2) is 10.6. The quantitative estimate of drug-likeness (QED) is 0.384. The van der Waals surface area contributed by atoms with Gasteiger partial charge < -0.3 is 4.74 Å². The van der Waals surface area contributed by atoms with Crippen LogP contribution in [0.25, 0.3) is 16.8 Å². The molecule has 0 bridgehead atoms. The molecule has 2 aromatic heterocycles. The molecule has 0 atom stereocenters. The normalized spacial score (nSPS) is 16.1. The van der Waals surface area contributed by atoms with Crippen LogP contribution in [0.15, 0.2) is 64.6 Å². The molecule has 0 unspecified atom stereocenters. The summed E-state index contributed by atoms with van der Waals surface area (Å²) in [6.45, 7) is 5.47.